The molecule has 3 rings (SSSR count). The minimum absolute atomic E-state index is 0.0676. The average molecular weight is 504 g/mol. The van der Waals surface area contributed by atoms with E-state index in [2.05, 4.69) is 5.43 Å². The van der Waals surface area contributed by atoms with E-state index in [9.17, 15) is 24.8 Å². The van der Waals surface area contributed by atoms with Crippen molar-refractivity contribution in [2.24, 2.45) is 0 Å². The Balaban J connectivity index is 1.80. The van der Waals surface area contributed by atoms with Crippen molar-refractivity contribution in [3.63, 3.8) is 0 Å². The van der Waals surface area contributed by atoms with Gasteiger partial charge in [-0.3, -0.25) is 20.3 Å². The molecule has 1 amide bonds. The fourth-order valence-electron chi connectivity index (χ4n) is 2.94. The van der Waals surface area contributed by atoms with E-state index in [0.717, 1.165) is 11.8 Å². The number of carbonyl (C=O) groups is 2. The molecule has 0 spiro atoms. The van der Waals surface area contributed by atoms with Crippen LogP contribution in [0.25, 0.3) is 6.08 Å². The van der Waals surface area contributed by atoms with Gasteiger partial charge in [0.05, 0.1) is 22.1 Å². The third-order valence-corrected chi connectivity index (χ3v) is 5.90. The van der Waals surface area contributed by atoms with Gasteiger partial charge < -0.3 is 14.6 Å². The summed E-state index contributed by atoms with van der Waals surface area (Å²) in [7, 11) is 0. The summed E-state index contributed by atoms with van der Waals surface area (Å²) in [5.41, 5.74) is 3.89. The standard InChI is InChI=1S/C22H21N3O7S2/c1-3-16(21(27)28)32-17-10-5-13(11-18(17)31-4-2)12-19-20(26)24(22(33)34-19)23-14-6-8-15(9-7-14)25(29)30/h5-12,16,23H,3-4H2,1-2H3,(H,27,28)/b19-12+. The first-order chi connectivity index (χ1) is 16.2. The molecule has 0 saturated carbocycles. The number of amides is 1. The molecule has 0 aromatic heterocycles. The van der Waals surface area contributed by atoms with Gasteiger partial charge in [0, 0.05) is 12.1 Å². The second kappa shape index (κ2) is 11.0. The van der Waals surface area contributed by atoms with Crippen molar-refractivity contribution in [1.82, 2.24) is 5.01 Å². The topological polar surface area (TPSA) is 131 Å². The number of carboxylic acid groups (broad SMARTS) is 1. The summed E-state index contributed by atoms with van der Waals surface area (Å²) in [6.07, 6.45) is 0.914. The van der Waals surface area contributed by atoms with Crippen LogP contribution in [-0.4, -0.2) is 43.9 Å². The van der Waals surface area contributed by atoms with E-state index in [0.29, 0.717) is 34.3 Å². The molecule has 0 bridgehead atoms. The number of anilines is 1. The van der Waals surface area contributed by atoms with Crippen LogP contribution in [0, 0.1) is 10.1 Å². The van der Waals surface area contributed by atoms with Gasteiger partial charge in [-0.05, 0) is 61.5 Å². The Labute approximate surface area is 204 Å². The van der Waals surface area contributed by atoms with E-state index in [1.165, 1.54) is 29.3 Å². The number of carbonyl (C=O) groups excluding carboxylic acids is 1. The summed E-state index contributed by atoms with van der Waals surface area (Å²) < 4.78 is 11.5. The number of nitro groups is 1. The molecule has 34 heavy (non-hydrogen) atoms. The first-order valence-electron chi connectivity index (χ1n) is 10.2. The highest BCUT2D eigenvalue weighted by atomic mass is 32.2. The summed E-state index contributed by atoms with van der Waals surface area (Å²) in [4.78, 5) is 34.9. The zero-order valence-electron chi connectivity index (χ0n) is 18.2. The van der Waals surface area contributed by atoms with Crippen molar-refractivity contribution in [3.8, 4) is 11.5 Å². The number of thioether (sulfide) groups is 1. The van der Waals surface area contributed by atoms with Crippen LogP contribution in [0.15, 0.2) is 47.4 Å². The van der Waals surface area contributed by atoms with Gasteiger partial charge in [0.2, 0.25) is 0 Å². The predicted molar refractivity (Wildman–Crippen MR) is 132 cm³/mol. The fourth-order valence-corrected chi connectivity index (χ4v) is 4.12. The molecule has 1 fully saturated rings. The molecule has 2 aromatic rings. The predicted octanol–water partition coefficient (Wildman–Crippen LogP) is 4.46. The Kier molecular flexibility index (Phi) is 8.08. The van der Waals surface area contributed by atoms with Crippen LogP contribution in [0.2, 0.25) is 0 Å². The number of non-ortho nitro benzene ring substituents is 1. The summed E-state index contributed by atoms with van der Waals surface area (Å²) >= 11 is 6.40. The maximum absolute atomic E-state index is 12.9. The van der Waals surface area contributed by atoms with Crippen LogP contribution < -0.4 is 14.9 Å². The molecule has 178 valence electrons. The number of aliphatic carboxylic acids is 1. The van der Waals surface area contributed by atoms with Gasteiger partial charge in [-0.15, -0.1) is 0 Å². The Hall–Kier alpha value is -3.64. The smallest absolute Gasteiger partial charge is 0.344 e. The van der Waals surface area contributed by atoms with E-state index in [1.807, 2.05) is 0 Å². The zero-order valence-corrected chi connectivity index (χ0v) is 19.9. The fraction of sp³-hybridized carbons (Fsp3) is 0.227. The van der Waals surface area contributed by atoms with Crippen LogP contribution >= 0.6 is 24.0 Å². The Bertz CT molecular complexity index is 1150. The summed E-state index contributed by atoms with van der Waals surface area (Å²) in [6, 6.07) is 10.5. The molecule has 1 saturated heterocycles. The van der Waals surface area contributed by atoms with Crippen LogP contribution in [-0.2, 0) is 9.59 Å². The van der Waals surface area contributed by atoms with Gasteiger partial charge >= 0.3 is 5.97 Å². The largest absolute Gasteiger partial charge is 0.490 e. The van der Waals surface area contributed by atoms with E-state index in [1.54, 1.807) is 38.1 Å². The molecule has 1 aliphatic rings. The lowest BCUT2D eigenvalue weighted by atomic mass is 10.1. The van der Waals surface area contributed by atoms with Gasteiger partial charge in [0.1, 0.15) is 0 Å². The van der Waals surface area contributed by atoms with Gasteiger partial charge in [-0.2, -0.15) is 0 Å². The molecule has 2 aromatic carbocycles. The summed E-state index contributed by atoms with van der Waals surface area (Å²) in [5.74, 6) is -0.808. The Morgan fingerprint density at radius 1 is 1.26 bits per heavy atom. The van der Waals surface area contributed by atoms with E-state index >= 15 is 0 Å². The van der Waals surface area contributed by atoms with Crippen LogP contribution in [0.1, 0.15) is 25.8 Å². The second-order valence-electron chi connectivity index (χ2n) is 6.93. The first kappa shape index (κ1) is 25.0. The van der Waals surface area contributed by atoms with Crippen LogP contribution in [0.5, 0.6) is 11.5 Å². The number of hydrogen-bond donors (Lipinski definition) is 2. The molecule has 1 aliphatic heterocycles. The second-order valence-corrected chi connectivity index (χ2v) is 8.60. The number of thiocarbonyl (C=S) groups is 1. The number of ether oxygens (including phenoxy) is 2. The van der Waals surface area contributed by atoms with E-state index in [4.69, 9.17) is 21.7 Å². The molecule has 0 aliphatic carbocycles. The average Bonchev–Trinajstić information content (AvgIpc) is 3.06. The molecular weight excluding hydrogens is 482 g/mol. The lowest BCUT2D eigenvalue weighted by molar-refractivity contribution is -0.384. The van der Waals surface area contributed by atoms with Gasteiger partial charge in [-0.1, -0.05) is 24.8 Å². The van der Waals surface area contributed by atoms with Crippen molar-refractivity contribution in [2.75, 3.05) is 12.0 Å². The number of benzene rings is 2. The molecule has 1 atom stereocenters. The number of nitro benzene ring substituents is 1. The third kappa shape index (κ3) is 5.83. The SMILES string of the molecule is CCOc1cc(/C=C2/SC(=S)N(Nc3ccc([N+](=O)[O-])cc3)C2=O)ccc1OC(CC)C(=O)O. The molecular formula is C22H21N3O7S2. The number of nitrogens with zero attached hydrogens (tertiary/aromatic N) is 2. The minimum Gasteiger partial charge on any atom is -0.490 e. The maximum atomic E-state index is 12.9. The number of rotatable bonds is 10. The summed E-state index contributed by atoms with van der Waals surface area (Å²) in [5, 5.41) is 21.2. The Morgan fingerprint density at radius 2 is 1.97 bits per heavy atom. The van der Waals surface area contributed by atoms with Gasteiger partial charge in [-0.25, -0.2) is 9.80 Å². The number of hydrazine groups is 1. The van der Waals surface area contributed by atoms with E-state index in [-0.39, 0.29) is 22.3 Å². The van der Waals surface area contributed by atoms with Gasteiger partial charge in [0.25, 0.3) is 11.6 Å². The number of carboxylic acids is 1. The molecule has 12 heteroatoms. The van der Waals surface area contributed by atoms with Crippen molar-refractivity contribution >= 4 is 57.6 Å². The highest BCUT2D eigenvalue weighted by Crippen LogP contribution is 2.35. The highest BCUT2D eigenvalue weighted by molar-refractivity contribution is 8.26. The van der Waals surface area contributed by atoms with Crippen molar-refractivity contribution in [2.45, 2.75) is 26.4 Å². The van der Waals surface area contributed by atoms with E-state index < -0.39 is 17.0 Å². The zero-order chi connectivity index (χ0) is 24.8. The van der Waals surface area contributed by atoms with Crippen molar-refractivity contribution in [3.05, 3.63) is 63.0 Å². The summed E-state index contributed by atoms with van der Waals surface area (Å²) in [6.45, 7) is 3.84. The lowest BCUT2D eigenvalue weighted by Gasteiger charge is -2.17. The monoisotopic (exact) mass is 503 g/mol. The normalized spacial score (nSPS) is 15.4. The molecule has 2 N–H and O–H groups in total. The maximum Gasteiger partial charge on any atom is 0.344 e. The molecule has 1 unspecified atom stereocenters. The van der Waals surface area contributed by atoms with Crippen molar-refractivity contribution in [1.29, 1.82) is 0 Å². The third-order valence-electron chi connectivity index (χ3n) is 4.59. The number of hydrogen-bond acceptors (Lipinski definition) is 9. The highest BCUT2D eigenvalue weighted by Gasteiger charge is 2.32. The van der Waals surface area contributed by atoms with Crippen LogP contribution in [0.3, 0.4) is 0 Å². The lowest BCUT2D eigenvalue weighted by Crippen LogP contribution is -2.33. The van der Waals surface area contributed by atoms with Gasteiger partial charge in [0.15, 0.2) is 21.9 Å². The van der Waals surface area contributed by atoms with Crippen LogP contribution in [0.4, 0.5) is 11.4 Å². The molecule has 10 nitrogen and oxygen atoms in total. The molecule has 0 radical (unpaired) electrons. The molecule has 1 heterocycles. The Morgan fingerprint density at radius 3 is 2.56 bits per heavy atom. The quantitative estimate of drug-likeness (QED) is 0.207. The van der Waals surface area contributed by atoms with Crippen molar-refractivity contribution < 1.29 is 29.1 Å². The number of nitrogens with one attached hydrogen (secondary N) is 1. The first-order valence-corrected chi connectivity index (χ1v) is 11.4. The minimum atomic E-state index is -1.07.